The zero-order chi connectivity index (χ0) is 13.7. The van der Waals surface area contributed by atoms with Crippen LogP contribution in [0.2, 0.25) is 0 Å². The number of rotatable bonds is 4. The number of esters is 1. The highest BCUT2D eigenvalue weighted by Gasteiger charge is 2.20. The van der Waals surface area contributed by atoms with Gasteiger partial charge in [0.15, 0.2) is 6.04 Å². The van der Waals surface area contributed by atoms with Crippen LogP contribution >= 0.6 is 0 Å². The fourth-order valence-corrected chi connectivity index (χ4v) is 1.79. The Kier molecular flexibility index (Phi) is 4.03. The summed E-state index contributed by atoms with van der Waals surface area (Å²) in [5, 5.41) is 3.15. The zero-order valence-electron chi connectivity index (χ0n) is 10.7. The maximum absolute atomic E-state index is 11.9. The van der Waals surface area contributed by atoms with Gasteiger partial charge >= 0.3 is 5.97 Å². The summed E-state index contributed by atoms with van der Waals surface area (Å²) in [6, 6.07) is 16.1. The van der Waals surface area contributed by atoms with Crippen LogP contribution in [-0.4, -0.2) is 13.1 Å². The average Bonchev–Trinajstić information content (AvgIpc) is 2.46. The van der Waals surface area contributed by atoms with Crippen molar-refractivity contribution >= 4 is 17.3 Å². The number of hydrogen-bond acceptors (Lipinski definition) is 4. The lowest BCUT2D eigenvalue weighted by molar-refractivity contribution is -0.141. The SMILES string of the molecule is COC(=O)C(Nc1ccccc1)c1ccc(N)cc1. The lowest BCUT2D eigenvalue weighted by atomic mass is 10.1. The topological polar surface area (TPSA) is 64.3 Å². The molecule has 3 N–H and O–H groups in total. The summed E-state index contributed by atoms with van der Waals surface area (Å²) >= 11 is 0. The molecule has 4 heteroatoms. The number of anilines is 2. The normalized spacial score (nSPS) is 11.6. The number of benzene rings is 2. The zero-order valence-corrected chi connectivity index (χ0v) is 10.7. The molecular formula is C15H16N2O2. The summed E-state index contributed by atoms with van der Waals surface area (Å²) in [6.07, 6.45) is 0. The molecule has 0 aromatic heterocycles. The second-order valence-electron chi connectivity index (χ2n) is 4.13. The Balaban J connectivity index is 2.26. The van der Waals surface area contributed by atoms with Crippen molar-refractivity contribution in [2.45, 2.75) is 6.04 Å². The van der Waals surface area contributed by atoms with Crippen molar-refractivity contribution in [3.63, 3.8) is 0 Å². The van der Waals surface area contributed by atoms with E-state index in [1.54, 1.807) is 12.1 Å². The van der Waals surface area contributed by atoms with Gasteiger partial charge in [0, 0.05) is 11.4 Å². The number of carbonyl (C=O) groups excluding carboxylic acids is 1. The van der Waals surface area contributed by atoms with Crippen LogP contribution < -0.4 is 11.1 Å². The number of nitrogens with two attached hydrogens (primary N) is 1. The molecule has 1 atom stereocenters. The maximum Gasteiger partial charge on any atom is 0.332 e. The van der Waals surface area contributed by atoms with Crippen molar-refractivity contribution in [1.29, 1.82) is 0 Å². The summed E-state index contributed by atoms with van der Waals surface area (Å²) in [5.41, 5.74) is 7.98. The lowest BCUT2D eigenvalue weighted by Crippen LogP contribution is -2.22. The second kappa shape index (κ2) is 5.91. The van der Waals surface area contributed by atoms with Crippen molar-refractivity contribution in [3.05, 3.63) is 60.2 Å². The number of hydrogen-bond donors (Lipinski definition) is 2. The third-order valence-corrected chi connectivity index (χ3v) is 2.79. The Morgan fingerprint density at radius 2 is 1.74 bits per heavy atom. The summed E-state index contributed by atoms with van der Waals surface area (Å²) < 4.78 is 4.84. The Bertz CT molecular complexity index is 538. The predicted octanol–water partition coefficient (Wildman–Crippen LogP) is 2.60. The number of carbonyl (C=O) groups is 1. The first kappa shape index (κ1) is 13.0. The summed E-state index contributed by atoms with van der Waals surface area (Å²) in [5.74, 6) is -0.339. The van der Waals surface area contributed by atoms with E-state index in [2.05, 4.69) is 5.32 Å². The maximum atomic E-state index is 11.9. The molecule has 0 aliphatic rings. The van der Waals surface area contributed by atoms with Gasteiger partial charge in [0.1, 0.15) is 0 Å². The van der Waals surface area contributed by atoms with Crippen molar-refractivity contribution in [2.24, 2.45) is 0 Å². The molecule has 4 nitrogen and oxygen atoms in total. The van der Waals surface area contributed by atoms with E-state index in [1.165, 1.54) is 7.11 Å². The van der Waals surface area contributed by atoms with E-state index >= 15 is 0 Å². The van der Waals surface area contributed by atoms with Crippen molar-refractivity contribution < 1.29 is 9.53 Å². The lowest BCUT2D eigenvalue weighted by Gasteiger charge is -2.18. The van der Waals surface area contributed by atoms with Gasteiger partial charge in [-0.15, -0.1) is 0 Å². The van der Waals surface area contributed by atoms with E-state index in [0.717, 1.165) is 11.3 Å². The number of ether oxygens (including phenoxy) is 1. The molecule has 2 aromatic rings. The van der Waals surface area contributed by atoms with Crippen molar-refractivity contribution in [2.75, 3.05) is 18.2 Å². The number of nitrogens with one attached hydrogen (secondary N) is 1. The molecule has 0 radical (unpaired) electrons. The molecule has 1 unspecified atom stereocenters. The molecule has 0 spiro atoms. The van der Waals surface area contributed by atoms with E-state index in [9.17, 15) is 4.79 Å². The van der Waals surface area contributed by atoms with E-state index < -0.39 is 6.04 Å². The molecule has 2 rings (SSSR count). The van der Waals surface area contributed by atoms with Gasteiger partial charge in [-0.25, -0.2) is 4.79 Å². The van der Waals surface area contributed by atoms with Gasteiger partial charge in [-0.1, -0.05) is 30.3 Å². The molecular weight excluding hydrogens is 240 g/mol. The number of methoxy groups -OCH3 is 1. The predicted molar refractivity (Wildman–Crippen MR) is 75.7 cm³/mol. The minimum absolute atomic E-state index is 0.339. The standard InChI is InChI=1S/C15H16N2O2/c1-19-15(18)14(11-7-9-12(16)10-8-11)17-13-5-3-2-4-6-13/h2-10,14,17H,16H2,1H3. The van der Waals surface area contributed by atoms with E-state index in [0.29, 0.717) is 5.69 Å². The molecule has 0 fully saturated rings. The minimum Gasteiger partial charge on any atom is -0.467 e. The van der Waals surface area contributed by atoms with Crippen LogP contribution in [0, 0.1) is 0 Å². The first-order chi connectivity index (χ1) is 9.20. The molecule has 0 saturated heterocycles. The van der Waals surface area contributed by atoms with Gasteiger partial charge in [-0.3, -0.25) is 0 Å². The Morgan fingerprint density at radius 3 is 2.32 bits per heavy atom. The fraction of sp³-hybridized carbons (Fsp3) is 0.133. The summed E-state index contributed by atoms with van der Waals surface area (Å²) in [4.78, 5) is 11.9. The molecule has 0 aliphatic heterocycles. The Morgan fingerprint density at radius 1 is 1.11 bits per heavy atom. The summed E-state index contributed by atoms with van der Waals surface area (Å²) in [7, 11) is 1.37. The molecule has 19 heavy (non-hydrogen) atoms. The highest BCUT2D eigenvalue weighted by Crippen LogP contribution is 2.21. The average molecular weight is 256 g/mol. The van der Waals surface area contributed by atoms with E-state index in [1.807, 2.05) is 42.5 Å². The second-order valence-corrected chi connectivity index (χ2v) is 4.13. The molecule has 2 aromatic carbocycles. The van der Waals surface area contributed by atoms with Crippen LogP contribution in [0.5, 0.6) is 0 Å². The molecule has 0 heterocycles. The van der Waals surface area contributed by atoms with Gasteiger partial charge in [0.25, 0.3) is 0 Å². The monoisotopic (exact) mass is 256 g/mol. The third-order valence-electron chi connectivity index (χ3n) is 2.79. The van der Waals surface area contributed by atoms with Gasteiger partial charge in [0.2, 0.25) is 0 Å². The van der Waals surface area contributed by atoms with Crippen molar-refractivity contribution in [1.82, 2.24) is 0 Å². The van der Waals surface area contributed by atoms with Crippen LogP contribution in [0.4, 0.5) is 11.4 Å². The van der Waals surface area contributed by atoms with Crippen LogP contribution in [0.1, 0.15) is 11.6 Å². The first-order valence-corrected chi connectivity index (χ1v) is 5.95. The van der Waals surface area contributed by atoms with Crippen LogP contribution in [-0.2, 0) is 9.53 Å². The molecule has 98 valence electrons. The molecule has 0 aliphatic carbocycles. The molecule has 0 saturated carbocycles. The minimum atomic E-state index is -0.548. The van der Waals surface area contributed by atoms with Gasteiger partial charge < -0.3 is 15.8 Å². The van der Waals surface area contributed by atoms with E-state index in [4.69, 9.17) is 10.5 Å². The quantitative estimate of drug-likeness (QED) is 0.652. The van der Waals surface area contributed by atoms with Gasteiger partial charge in [-0.05, 0) is 29.8 Å². The largest absolute Gasteiger partial charge is 0.467 e. The fourth-order valence-electron chi connectivity index (χ4n) is 1.79. The molecule has 0 amide bonds. The van der Waals surface area contributed by atoms with Gasteiger partial charge in [0.05, 0.1) is 7.11 Å². The number of nitrogen functional groups attached to an aromatic ring is 1. The van der Waals surface area contributed by atoms with Crippen LogP contribution in [0.25, 0.3) is 0 Å². The molecule has 0 bridgehead atoms. The Hall–Kier alpha value is -2.49. The van der Waals surface area contributed by atoms with Crippen molar-refractivity contribution in [3.8, 4) is 0 Å². The Labute approximate surface area is 112 Å². The van der Waals surface area contributed by atoms with Crippen LogP contribution in [0.15, 0.2) is 54.6 Å². The summed E-state index contributed by atoms with van der Waals surface area (Å²) in [6.45, 7) is 0. The van der Waals surface area contributed by atoms with E-state index in [-0.39, 0.29) is 5.97 Å². The first-order valence-electron chi connectivity index (χ1n) is 5.95. The highest BCUT2D eigenvalue weighted by atomic mass is 16.5. The highest BCUT2D eigenvalue weighted by molar-refractivity contribution is 5.81. The van der Waals surface area contributed by atoms with Crippen LogP contribution in [0.3, 0.4) is 0 Å². The van der Waals surface area contributed by atoms with Gasteiger partial charge in [-0.2, -0.15) is 0 Å². The number of para-hydroxylation sites is 1. The smallest absolute Gasteiger partial charge is 0.332 e. The third kappa shape index (κ3) is 3.25.